The van der Waals surface area contributed by atoms with E-state index in [1.807, 2.05) is 23.1 Å². The van der Waals surface area contributed by atoms with Crippen molar-refractivity contribution < 1.29 is 9.53 Å². The summed E-state index contributed by atoms with van der Waals surface area (Å²) in [6, 6.07) is 8.10. The number of carbonyl (C=O) groups excluding carboxylic acids is 1. The standard InChI is InChI=1S/C20H24N4O2/c1-14(5-4-8-17(25)24-9-11-26-12-10-24)18-20-19(21-13-22-20)15-6-2-3-7-16(15)23-18/h2-3,6-7,13-14H,4-5,8-12H2,1H3,(H,21,22). The quantitative estimate of drug-likeness (QED) is 0.765. The molecule has 2 aromatic heterocycles. The highest BCUT2D eigenvalue weighted by Gasteiger charge is 2.19. The Labute approximate surface area is 152 Å². The molecule has 1 N–H and O–H groups in total. The Morgan fingerprint density at radius 3 is 2.96 bits per heavy atom. The van der Waals surface area contributed by atoms with E-state index in [0.29, 0.717) is 19.6 Å². The van der Waals surface area contributed by atoms with E-state index >= 15 is 0 Å². The maximum Gasteiger partial charge on any atom is 0.222 e. The number of rotatable bonds is 5. The van der Waals surface area contributed by atoms with Crippen LogP contribution in [0.15, 0.2) is 30.6 Å². The Kier molecular flexibility index (Phi) is 4.84. The molecule has 0 radical (unpaired) electrons. The molecule has 1 atom stereocenters. The largest absolute Gasteiger partial charge is 0.378 e. The van der Waals surface area contributed by atoms with Gasteiger partial charge >= 0.3 is 0 Å². The Morgan fingerprint density at radius 2 is 2.12 bits per heavy atom. The van der Waals surface area contributed by atoms with E-state index in [4.69, 9.17) is 9.72 Å². The number of hydrogen-bond acceptors (Lipinski definition) is 4. The molecular formula is C20H24N4O2. The third-order valence-electron chi connectivity index (χ3n) is 5.15. The van der Waals surface area contributed by atoms with Gasteiger partial charge in [0.05, 0.1) is 41.8 Å². The monoisotopic (exact) mass is 352 g/mol. The molecule has 26 heavy (non-hydrogen) atoms. The second-order valence-electron chi connectivity index (χ2n) is 6.93. The molecular weight excluding hydrogens is 328 g/mol. The van der Waals surface area contributed by atoms with Crippen LogP contribution >= 0.6 is 0 Å². The number of fused-ring (bicyclic) bond motifs is 3. The van der Waals surface area contributed by atoms with Crippen molar-refractivity contribution >= 4 is 27.8 Å². The second-order valence-corrected chi connectivity index (χ2v) is 6.93. The molecule has 1 unspecified atom stereocenters. The molecule has 6 nitrogen and oxygen atoms in total. The minimum Gasteiger partial charge on any atom is -0.378 e. The highest BCUT2D eigenvalue weighted by Crippen LogP contribution is 2.30. The number of aromatic nitrogens is 3. The zero-order valence-electron chi connectivity index (χ0n) is 15.1. The molecule has 3 aromatic rings. The summed E-state index contributed by atoms with van der Waals surface area (Å²) in [5.74, 6) is 0.499. The molecule has 0 saturated carbocycles. The molecule has 0 spiro atoms. The third-order valence-corrected chi connectivity index (χ3v) is 5.15. The van der Waals surface area contributed by atoms with Gasteiger partial charge in [0, 0.05) is 30.8 Å². The van der Waals surface area contributed by atoms with Gasteiger partial charge in [-0.2, -0.15) is 0 Å². The summed E-state index contributed by atoms with van der Waals surface area (Å²) in [6.07, 6.45) is 4.11. The number of hydrogen-bond donors (Lipinski definition) is 1. The summed E-state index contributed by atoms with van der Waals surface area (Å²) in [4.78, 5) is 26.8. The van der Waals surface area contributed by atoms with Gasteiger partial charge in [0.25, 0.3) is 0 Å². The second kappa shape index (κ2) is 7.41. The van der Waals surface area contributed by atoms with Gasteiger partial charge in [-0.25, -0.2) is 4.98 Å². The fourth-order valence-corrected chi connectivity index (χ4v) is 3.67. The van der Waals surface area contributed by atoms with Crippen LogP contribution in [-0.4, -0.2) is 52.1 Å². The van der Waals surface area contributed by atoms with E-state index < -0.39 is 0 Å². The number of para-hydroxylation sites is 1. The van der Waals surface area contributed by atoms with Crippen LogP contribution in [0.25, 0.3) is 21.9 Å². The summed E-state index contributed by atoms with van der Waals surface area (Å²) in [6.45, 7) is 4.92. The van der Waals surface area contributed by atoms with E-state index in [2.05, 4.69) is 23.0 Å². The van der Waals surface area contributed by atoms with E-state index in [1.165, 1.54) is 0 Å². The summed E-state index contributed by atoms with van der Waals surface area (Å²) in [7, 11) is 0. The Balaban J connectivity index is 1.46. The number of pyridine rings is 1. The average molecular weight is 352 g/mol. The number of nitrogens with one attached hydrogen (secondary N) is 1. The molecule has 1 aliphatic rings. The molecule has 1 amide bonds. The highest BCUT2D eigenvalue weighted by molar-refractivity contribution is 6.02. The molecule has 0 bridgehead atoms. The van der Waals surface area contributed by atoms with Crippen molar-refractivity contribution in [2.45, 2.75) is 32.1 Å². The van der Waals surface area contributed by atoms with Crippen molar-refractivity contribution in [1.82, 2.24) is 19.9 Å². The van der Waals surface area contributed by atoms with Crippen LogP contribution in [0, 0.1) is 0 Å². The maximum atomic E-state index is 12.3. The first-order valence-electron chi connectivity index (χ1n) is 9.31. The van der Waals surface area contributed by atoms with E-state index in [0.717, 1.165) is 53.6 Å². The van der Waals surface area contributed by atoms with Crippen LogP contribution in [0.2, 0.25) is 0 Å². The number of amides is 1. The van der Waals surface area contributed by atoms with E-state index in [-0.39, 0.29) is 11.8 Å². The number of carbonyl (C=O) groups is 1. The number of imidazole rings is 1. The van der Waals surface area contributed by atoms with Crippen molar-refractivity contribution in [2.24, 2.45) is 0 Å². The normalized spacial score (nSPS) is 16.3. The molecule has 0 aliphatic carbocycles. The summed E-state index contributed by atoms with van der Waals surface area (Å²) >= 11 is 0. The molecule has 3 heterocycles. The van der Waals surface area contributed by atoms with Crippen LogP contribution in [0.5, 0.6) is 0 Å². The Morgan fingerprint density at radius 1 is 1.31 bits per heavy atom. The van der Waals surface area contributed by atoms with Crippen molar-refractivity contribution in [3.8, 4) is 0 Å². The number of H-pyrrole nitrogens is 1. The zero-order chi connectivity index (χ0) is 17.9. The smallest absolute Gasteiger partial charge is 0.222 e. The lowest BCUT2D eigenvalue weighted by atomic mass is 9.97. The molecule has 136 valence electrons. The van der Waals surface area contributed by atoms with Crippen molar-refractivity contribution in [2.75, 3.05) is 26.3 Å². The predicted octanol–water partition coefficient (Wildman–Crippen LogP) is 3.24. The molecule has 1 fully saturated rings. The highest BCUT2D eigenvalue weighted by atomic mass is 16.5. The van der Waals surface area contributed by atoms with Gasteiger partial charge in [-0.05, 0) is 18.9 Å². The van der Waals surface area contributed by atoms with E-state index in [1.54, 1.807) is 6.33 Å². The minimum absolute atomic E-state index is 0.235. The van der Waals surface area contributed by atoms with Gasteiger partial charge in [0.1, 0.15) is 0 Å². The number of morpholine rings is 1. The lowest BCUT2D eigenvalue weighted by molar-refractivity contribution is -0.135. The van der Waals surface area contributed by atoms with Crippen molar-refractivity contribution in [3.05, 3.63) is 36.3 Å². The number of aromatic amines is 1. The van der Waals surface area contributed by atoms with Crippen molar-refractivity contribution in [1.29, 1.82) is 0 Å². The van der Waals surface area contributed by atoms with Crippen LogP contribution in [-0.2, 0) is 9.53 Å². The molecule has 4 rings (SSSR count). The first-order chi connectivity index (χ1) is 12.7. The summed E-state index contributed by atoms with van der Waals surface area (Å²) < 4.78 is 5.31. The minimum atomic E-state index is 0.235. The van der Waals surface area contributed by atoms with Crippen LogP contribution in [0.1, 0.15) is 37.8 Å². The van der Waals surface area contributed by atoms with Gasteiger partial charge in [0.2, 0.25) is 5.91 Å². The number of benzene rings is 1. The maximum absolute atomic E-state index is 12.3. The number of ether oxygens (including phenoxy) is 1. The summed E-state index contributed by atoms with van der Waals surface area (Å²) in [5, 5.41) is 1.07. The van der Waals surface area contributed by atoms with Crippen molar-refractivity contribution in [3.63, 3.8) is 0 Å². The average Bonchev–Trinajstić information content (AvgIpc) is 3.18. The molecule has 1 aliphatic heterocycles. The Hall–Kier alpha value is -2.47. The molecule has 6 heteroatoms. The first kappa shape index (κ1) is 17.0. The Bertz CT molecular complexity index is 914. The SMILES string of the molecule is CC(CCCC(=O)N1CCOCC1)c1nc2ccccc2c2nc[nH]c12. The van der Waals surface area contributed by atoms with Gasteiger partial charge < -0.3 is 14.6 Å². The zero-order valence-corrected chi connectivity index (χ0v) is 15.1. The fraction of sp³-hybridized carbons (Fsp3) is 0.450. The molecule has 1 saturated heterocycles. The first-order valence-corrected chi connectivity index (χ1v) is 9.31. The predicted molar refractivity (Wildman–Crippen MR) is 101 cm³/mol. The van der Waals surface area contributed by atoms with Crippen LogP contribution < -0.4 is 0 Å². The van der Waals surface area contributed by atoms with Crippen LogP contribution in [0.4, 0.5) is 0 Å². The van der Waals surface area contributed by atoms with Gasteiger partial charge in [-0.3, -0.25) is 9.78 Å². The molecule has 1 aromatic carbocycles. The lowest BCUT2D eigenvalue weighted by Gasteiger charge is -2.27. The van der Waals surface area contributed by atoms with Gasteiger partial charge in [0.15, 0.2) is 0 Å². The van der Waals surface area contributed by atoms with Crippen LogP contribution in [0.3, 0.4) is 0 Å². The van der Waals surface area contributed by atoms with Gasteiger partial charge in [-0.15, -0.1) is 0 Å². The lowest BCUT2D eigenvalue weighted by Crippen LogP contribution is -2.40. The van der Waals surface area contributed by atoms with E-state index in [9.17, 15) is 4.79 Å². The topological polar surface area (TPSA) is 71.1 Å². The third kappa shape index (κ3) is 3.29. The number of nitrogens with zero attached hydrogens (tertiary/aromatic N) is 3. The van der Waals surface area contributed by atoms with Gasteiger partial charge in [-0.1, -0.05) is 25.1 Å². The summed E-state index contributed by atoms with van der Waals surface area (Å²) in [5.41, 5.74) is 3.99. The fourth-order valence-electron chi connectivity index (χ4n) is 3.67.